The minimum Gasteiger partial charge on any atom is -0.493 e. The summed E-state index contributed by atoms with van der Waals surface area (Å²) in [6.07, 6.45) is 2.24. The summed E-state index contributed by atoms with van der Waals surface area (Å²) in [6, 6.07) is 18.1. The molecule has 1 aliphatic heterocycles. The van der Waals surface area contributed by atoms with Crippen molar-refractivity contribution in [2.75, 3.05) is 40.9 Å². The van der Waals surface area contributed by atoms with Crippen LogP contribution in [0.25, 0.3) is 0 Å². The van der Waals surface area contributed by atoms with Gasteiger partial charge in [0.1, 0.15) is 21.0 Å². The number of methoxy groups -OCH3 is 2. The van der Waals surface area contributed by atoms with Crippen molar-refractivity contribution in [1.29, 1.82) is 0 Å². The first-order valence-electron chi connectivity index (χ1n) is 14.9. The van der Waals surface area contributed by atoms with Crippen LogP contribution in [0.4, 0.5) is 0 Å². The molecule has 0 spiro atoms. The zero-order valence-electron chi connectivity index (χ0n) is 26.1. The monoisotopic (exact) mass is 699 g/mol. The van der Waals surface area contributed by atoms with Crippen LogP contribution in [-0.2, 0) is 20.8 Å². The van der Waals surface area contributed by atoms with Crippen LogP contribution in [0.1, 0.15) is 44.3 Å². The maximum absolute atomic E-state index is 13.4. The van der Waals surface area contributed by atoms with E-state index in [1.807, 2.05) is 43.4 Å². The number of pyridine rings is 1. The topological polar surface area (TPSA) is 108 Å². The van der Waals surface area contributed by atoms with Crippen molar-refractivity contribution in [1.82, 2.24) is 15.2 Å². The standard InChI is InChI=1S/C34H35Cl2N3O7S/c1-39-14-13-23(20-39)44-32(40)25(21-7-5-4-6-8-21)17-37-16-24-10-12-30(47-24)33(41)46-34(45-31-26(35)18-38-19-27(31)36)22-9-11-28(42-2)29(15-22)43-3/h4-12,15,18-19,23,25,34,37H,13-14,16-17,20H2,1-3H3/t23-,25?,34-/m1/s1. The lowest BCUT2D eigenvalue weighted by Crippen LogP contribution is -2.31. The van der Waals surface area contributed by atoms with E-state index in [0.29, 0.717) is 35.0 Å². The number of esters is 2. The van der Waals surface area contributed by atoms with E-state index in [4.69, 9.17) is 46.9 Å². The van der Waals surface area contributed by atoms with Gasteiger partial charge in [0.15, 0.2) is 17.2 Å². The normalized spacial score (nSPS) is 15.9. The number of rotatable bonds is 14. The van der Waals surface area contributed by atoms with Gasteiger partial charge in [0.05, 0.1) is 20.1 Å². The number of nitrogens with zero attached hydrogens (tertiary/aromatic N) is 2. The second-order valence-corrected chi connectivity index (χ2v) is 12.9. The van der Waals surface area contributed by atoms with Crippen LogP contribution < -0.4 is 19.5 Å². The summed E-state index contributed by atoms with van der Waals surface area (Å²) < 4.78 is 28.5. The number of carbonyl (C=O) groups is 2. The average molecular weight is 701 g/mol. The zero-order valence-corrected chi connectivity index (χ0v) is 28.4. The summed E-state index contributed by atoms with van der Waals surface area (Å²) in [5.74, 6) is -0.328. The molecule has 1 aliphatic rings. The van der Waals surface area contributed by atoms with Crippen molar-refractivity contribution in [2.24, 2.45) is 0 Å². The SMILES string of the molecule is COc1ccc([C@@H](OC(=O)c2ccc(CNCC(C(=O)O[C@@H]3CCN(C)C3)c3ccccc3)s2)Oc2c(Cl)cncc2Cl)cc1OC. The van der Waals surface area contributed by atoms with Gasteiger partial charge in [-0.25, -0.2) is 4.79 Å². The van der Waals surface area contributed by atoms with Crippen LogP contribution in [0.2, 0.25) is 10.0 Å². The van der Waals surface area contributed by atoms with E-state index >= 15 is 0 Å². The van der Waals surface area contributed by atoms with Gasteiger partial charge in [-0.2, -0.15) is 0 Å². The van der Waals surface area contributed by atoms with E-state index in [9.17, 15) is 9.59 Å². The molecule has 0 amide bonds. The molecule has 10 nitrogen and oxygen atoms in total. The molecule has 248 valence electrons. The zero-order chi connectivity index (χ0) is 33.3. The van der Waals surface area contributed by atoms with Gasteiger partial charge in [-0.05, 0) is 49.4 Å². The Hall–Kier alpha value is -3.87. The Labute approximate surface area is 287 Å². The molecule has 0 radical (unpaired) electrons. The highest BCUT2D eigenvalue weighted by atomic mass is 35.5. The van der Waals surface area contributed by atoms with Crippen molar-refractivity contribution in [3.8, 4) is 17.2 Å². The Morgan fingerprint density at radius 3 is 2.43 bits per heavy atom. The van der Waals surface area contributed by atoms with Crippen LogP contribution in [-0.4, -0.2) is 68.8 Å². The second-order valence-electron chi connectivity index (χ2n) is 10.9. The van der Waals surface area contributed by atoms with Gasteiger partial charge in [0, 0.05) is 49.0 Å². The molecule has 47 heavy (non-hydrogen) atoms. The quantitative estimate of drug-likeness (QED) is 0.115. The van der Waals surface area contributed by atoms with E-state index < -0.39 is 18.2 Å². The van der Waals surface area contributed by atoms with Gasteiger partial charge >= 0.3 is 11.9 Å². The molecule has 5 rings (SSSR count). The Morgan fingerprint density at radius 1 is 1.00 bits per heavy atom. The summed E-state index contributed by atoms with van der Waals surface area (Å²) >= 11 is 13.9. The first kappa shape index (κ1) is 34.5. The number of likely N-dealkylation sites (tertiary alicyclic amines) is 1. The van der Waals surface area contributed by atoms with E-state index in [0.717, 1.165) is 30.0 Å². The number of nitrogens with one attached hydrogen (secondary N) is 1. The van der Waals surface area contributed by atoms with Gasteiger partial charge in [-0.15, -0.1) is 11.3 Å². The minimum atomic E-state index is -1.24. The summed E-state index contributed by atoms with van der Waals surface area (Å²) in [4.78, 5) is 34.0. The molecule has 1 unspecified atom stereocenters. The first-order valence-corrected chi connectivity index (χ1v) is 16.4. The number of hydrogen-bond acceptors (Lipinski definition) is 11. The number of thiophene rings is 1. The maximum atomic E-state index is 13.4. The van der Waals surface area contributed by atoms with Gasteiger partial charge in [-0.3, -0.25) is 9.78 Å². The van der Waals surface area contributed by atoms with Gasteiger partial charge < -0.3 is 33.9 Å². The van der Waals surface area contributed by atoms with E-state index in [-0.39, 0.29) is 27.9 Å². The van der Waals surface area contributed by atoms with Gasteiger partial charge in [-0.1, -0.05) is 53.5 Å². The van der Waals surface area contributed by atoms with Crippen molar-refractivity contribution >= 4 is 46.5 Å². The highest BCUT2D eigenvalue weighted by Crippen LogP contribution is 2.38. The summed E-state index contributed by atoms with van der Waals surface area (Å²) in [5.41, 5.74) is 1.34. The molecule has 0 bridgehead atoms. The van der Waals surface area contributed by atoms with Crippen LogP contribution in [0.3, 0.4) is 0 Å². The lowest BCUT2D eigenvalue weighted by molar-refractivity contribution is -0.150. The summed E-state index contributed by atoms with van der Waals surface area (Å²) in [7, 11) is 5.04. The summed E-state index contributed by atoms with van der Waals surface area (Å²) in [5, 5.41) is 3.66. The van der Waals surface area contributed by atoms with Crippen LogP contribution in [0, 0.1) is 0 Å². The largest absolute Gasteiger partial charge is 0.493 e. The minimum absolute atomic E-state index is 0.109. The van der Waals surface area contributed by atoms with Crippen LogP contribution in [0.15, 0.2) is 73.1 Å². The molecule has 1 saturated heterocycles. The van der Waals surface area contributed by atoms with Crippen molar-refractivity contribution < 1.29 is 33.3 Å². The van der Waals surface area contributed by atoms with Crippen molar-refractivity contribution in [3.05, 3.63) is 104 Å². The molecule has 2 aromatic carbocycles. The predicted molar refractivity (Wildman–Crippen MR) is 180 cm³/mol. The number of carbonyl (C=O) groups excluding carboxylic acids is 2. The highest BCUT2D eigenvalue weighted by Gasteiger charge is 2.29. The molecular weight excluding hydrogens is 665 g/mol. The number of halogens is 2. The third-order valence-electron chi connectivity index (χ3n) is 7.56. The second kappa shape index (κ2) is 16.3. The Kier molecular flexibility index (Phi) is 12.0. The molecule has 1 N–H and O–H groups in total. The molecule has 4 aromatic rings. The van der Waals surface area contributed by atoms with Gasteiger partial charge in [0.25, 0.3) is 6.29 Å². The maximum Gasteiger partial charge on any atom is 0.351 e. The number of benzene rings is 2. The summed E-state index contributed by atoms with van der Waals surface area (Å²) in [6.45, 7) is 2.43. The molecule has 2 aromatic heterocycles. The Morgan fingerprint density at radius 2 is 1.74 bits per heavy atom. The Bertz CT molecular complexity index is 1650. The lowest BCUT2D eigenvalue weighted by atomic mass is 9.99. The molecule has 3 atom stereocenters. The Balaban J connectivity index is 1.27. The van der Waals surface area contributed by atoms with Crippen molar-refractivity contribution in [3.63, 3.8) is 0 Å². The third-order valence-corrected chi connectivity index (χ3v) is 9.16. The third kappa shape index (κ3) is 8.94. The fourth-order valence-electron chi connectivity index (χ4n) is 5.12. The molecule has 3 heterocycles. The van der Waals surface area contributed by atoms with E-state index in [2.05, 4.69) is 15.2 Å². The van der Waals surface area contributed by atoms with Crippen LogP contribution >= 0.6 is 34.5 Å². The molecule has 13 heteroatoms. The van der Waals surface area contributed by atoms with Gasteiger partial charge in [0.2, 0.25) is 0 Å². The lowest BCUT2D eigenvalue weighted by Gasteiger charge is -2.21. The predicted octanol–water partition coefficient (Wildman–Crippen LogP) is 6.52. The van der Waals surface area contributed by atoms with Crippen molar-refractivity contribution in [2.45, 2.75) is 31.3 Å². The van der Waals surface area contributed by atoms with Crippen LogP contribution in [0.5, 0.6) is 17.2 Å². The smallest absolute Gasteiger partial charge is 0.351 e. The number of hydrogen-bond donors (Lipinski definition) is 1. The molecule has 0 saturated carbocycles. The molecule has 1 fully saturated rings. The first-order chi connectivity index (χ1) is 22.7. The molecule has 0 aliphatic carbocycles. The number of ether oxygens (including phenoxy) is 5. The fraction of sp³-hybridized carbons (Fsp3) is 0.324. The van der Waals surface area contributed by atoms with E-state index in [1.165, 1.54) is 38.0 Å². The number of aromatic nitrogens is 1. The van der Waals surface area contributed by atoms with E-state index in [1.54, 1.807) is 24.3 Å². The molecular formula is C34H35Cl2N3O7S. The average Bonchev–Trinajstić information content (AvgIpc) is 3.73. The fourth-order valence-corrected chi connectivity index (χ4v) is 6.43. The highest BCUT2D eigenvalue weighted by molar-refractivity contribution is 7.13. The number of likely N-dealkylation sites (N-methyl/N-ethyl adjacent to an activating group) is 1.